The Labute approximate surface area is 164 Å². The molecule has 2 aliphatic heterocycles. The van der Waals surface area contributed by atoms with Crippen molar-refractivity contribution < 1.29 is 24.3 Å². The number of hydrogen-bond donors (Lipinski definition) is 2. The molecule has 2 heterocycles. The van der Waals surface area contributed by atoms with Crippen molar-refractivity contribution >= 4 is 11.6 Å². The molecule has 0 radical (unpaired) electrons. The van der Waals surface area contributed by atoms with Crippen molar-refractivity contribution in [3.63, 3.8) is 0 Å². The van der Waals surface area contributed by atoms with Gasteiger partial charge in [-0.1, -0.05) is 0 Å². The summed E-state index contributed by atoms with van der Waals surface area (Å²) in [6.45, 7) is 4.54. The minimum absolute atomic E-state index is 0.184. The Hall–Kier alpha value is -2.93. The molecule has 0 saturated carbocycles. The number of phenols is 1. The highest BCUT2D eigenvalue weighted by atomic mass is 16.7. The van der Waals surface area contributed by atoms with Gasteiger partial charge >= 0.3 is 0 Å². The maximum absolute atomic E-state index is 12.7. The Morgan fingerprint density at radius 3 is 2.50 bits per heavy atom. The third-order valence-corrected chi connectivity index (χ3v) is 5.24. The minimum Gasteiger partial charge on any atom is -0.508 e. The number of benzene rings is 2. The van der Waals surface area contributed by atoms with Gasteiger partial charge in [0.1, 0.15) is 12.3 Å². The summed E-state index contributed by atoms with van der Waals surface area (Å²) in [4.78, 5) is 18.0. The van der Waals surface area contributed by atoms with Crippen LogP contribution in [0.3, 0.4) is 0 Å². The number of fused-ring (bicyclic) bond motifs is 1. The van der Waals surface area contributed by atoms with E-state index in [1.54, 1.807) is 12.1 Å². The van der Waals surface area contributed by atoms with Gasteiger partial charge in [0.25, 0.3) is 5.91 Å². The van der Waals surface area contributed by atoms with Gasteiger partial charge in [0.05, 0.1) is 7.05 Å². The molecule has 2 aromatic carbocycles. The van der Waals surface area contributed by atoms with Crippen molar-refractivity contribution in [1.82, 2.24) is 4.90 Å². The molecular formula is C21H26N3O4+. The lowest BCUT2D eigenvalue weighted by atomic mass is 10.2. The third kappa shape index (κ3) is 4.14. The first-order valence-corrected chi connectivity index (χ1v) is 9.60. The molecule has 1 atom stereocenters. The summed E-state index contributed by atoms with van der Waals surface area (Å²) in [5.41, 5.74) is 2.21. The first kappa shape index (κ1) is 18.4. The third-order valence-electron chi connectivity index (χ3n) is 5.24. The molecule has 1 fully saturated rings. The van der Waals surface area contributed by atoms with E-state index in [1.165, 1.54) is 0 Å². The van der Waals surface area contributed by atoms with Crippen molar-refractivity contribution in [3.8, 4) is 17.2 Å². The summed E-state index contributed by atoms with van der Waals surface area (Å²) in [7, 11) is 2.04. The average molecular weight is 384 g/mol. The first-order valence-electron chi connectivity index (χ1n) is 9.60. The van der Waals surface area contributed by atoms with Gasteiger partial charge in [0.2, 0.25) is 6.79 Å². The van der Waals surface area contributed by atoms with E-state index in [2.05, 4.69) is 4.90 Å². The van der Waals surface area contributed by atoms with E-state index >= 15 is 0 Å². The van der Waals surface area contributed by atoms with Gasteiger partial charge in [-0.05, 0) is 42.5 Å². The lowest BCUT2D eigenvalue weighted by Crippen LogP contribution is -3.09. The highest BCUT2D eigenvalue weighted by Gasteiger charge is 2.24. The van der Waals surface area contributed by atoms with Crippen LogP contribution in [0.4, 0.5) is 5.69 Å². The van der Waals surface area contributed by atoms with Gasteiger partial charge in [0, 0.05) is 37.4 Å². The van der Waals surface area contributed by atoms with Crippen LogP contribution in [0.2, 0.25) is 0 Å². The SMILES string of the molecule is C[NH+](CC(=O)N1CCN(c2ccc(O)cc2)CC1)Cc1ccc2c(c1)OCO2. The zero-order chi connectivity index (χ0) is 19.5. The number of amides is 1. The van der Waals surface area contributed by atoms with E-state index < -0.39 is 0 Å². The number of rotatable bonds is 5. The normalized spacial score (nSPS) is 16.9. The molecule has 0 spiro atoms. The second-order valence-electron chi connectivity index (χ2n) is 7.38. The largest absolute Gasteiger partial charge is 0.508 e. The Kier molecular flexibility index (Phi) is 5.25. The number of nitrogens with zero attached hydrogens (tertiary/aromatic N) is 2. The molecular weight excluding hydrogens is 358 g/mol. The van der Waals surface area contributed by atoms with Gasteiger partial charge in [-0.15, -0.1) is 0 Å². The first-order chi connectivity index (χ1) is 13.6. The van der Waals surface area contributed by atoms with Crippen LogP contribution in [0.15, 0.2) is 42.5 Å². The molecule has 148 valence electrons. The number of quaternary nitrogens is 1. The Morgan fingerprint density at radius 1 is 1.04 bits per heavy atom. The number of aromatic hydroxyl groups is 1. The number of carbonyl (C=O) groups is 1. The van der Waals surface area contributed by atoms with Crippen LogP contribution in [-0.4, -0.2) is 62.5 Å². The molecule has 7 heteroatoms. The summed E-state index contributed by atoms with van der Waals surface area (Å²) in [5.74, 6) is 2.01. The Bertz CT molecular complexity index is 832. The zero-order valence-corrected chi connectivity index (χ0v) is 16.1. The molecule has 2 N–H and O–H groups in total. The van der Waals surface area contributed by atoms with E-state index in [9.17, 15) is 9.90 Å². The number of phenolic OH excluding ortho intramolecular Hbond substituents is 1. The van der Waals surface area contributed by atoms with Crippen LogP contribution in [-0.2, 0) is 11.3 Å². The van der Waals surface area contributed by atoms with Crippen molar-refractivity contribution in [2.45, 2.75) is 6.54 Å². The molecule has 1 saturated heterocycles. The average Bonchev–Trinajstić information content (AvgIpc) is 3.16. The van der Waals surface area contributed by atoms with Crippen molar-refractivity contribution in [2.75, 3.05) is 51.5 Å². The monoisotopic (exact) mass is 384 g/mol. The molecule has 1 amide bonds. The summed E-state index contributed by atoms with van der Waals surface area (Å²) in [6.07, 6.45) is 0. The zero-order valence-electron chi connectivity index (χ0n) is 16.1. The second-order valence-corrected chi connectivity index (χ2v) is 7.38. The summed E-state index contributed by atoms with van der Waals surface area (Å²) in [5, 5.41) is 9.42. The van der Waals surface area contributed by atoms with Crippen LogP contribution >= 0.6 is 0 Å². The van der Waals surface area contributed by atoms with Crippen molar-refractivity contribution in [2.24, 2.45) is 0 Å². The second kappa shape index (κ2) is 7.98. The fourth-order valence-electron chi connectivity index (χ4n) is 3.71. The highest BCUT2D eigenvalue weighted by molar-refractivity contribution is 5.77. The number of carbonyl (C=O) groups excluding carboxylic acids is 1. The van der Waals surface area contributed by atoms with Crippen LogP contribution in [0.1, 0.15) is 5.56 Å². The molecule has 7 nitrogen and oxygen atoms in total. The lowest BCUT2D eigenvalue weighted by molar-refractivity contribution is -0.885. The molecule has 2 aliphatic rings. The maximum atomic E-state index is 12.7. The summed E-state index contributed by atoms with van der Waals surface area (Å²) < 4.78 is 10.8. The number of piperazine rings is 1. The van der Waals surface area contributed by atoms with Crippen LogP contribution in [0.25, 0.3) is 0 Å². The number of hydrogen-bond acceptors (Lipinski definition) is 5. The van der Waals surface area contributed by atoms with Gasteiger partial charge in [-0.25, -0.2) is 0 Å². The maximum Gasteiger partial charge on any atom is 0.277 e. The highest BCUT2D eigenvalue weighted by Crippen LogP contribution is 2.32. The van der Waals surface area contributed by atoms with E-state index in [0.717, 1.165) is 60.4 Å². The van der Waals surface area contributed by atoms with Crippen LogP contribution < -0.4 is 19.3 Å². The lowest BCUT2D eigenvalue weighted by Gasteiger charge is -2.36. The predicted octanol–water partition coefficient (Wildman–Crippen LogP) is 0.484. The molecule has 4 rings (SSSR count). The molecule has 0 aliphatic carbocycles. The molecule has 28 heavy (non-hydrogen) atoms. The smallest absolute Gasteiger partial charge is 0.277 e. The van der Waals surface area contributed by atoms with E-state index in [0.29, 0.717) is 6.54 Å². The number of ether oxygens (including phenoxy) is 2. The van der Waals surface area contributed by atoms with Gasteiger partial charge in [0.15, 0.2) is 18.0 Å². The number of likely N-dealkylation sites (N-methyl/N-ethyl adjacent to an activating group) is 1. The fourth-order valence-corrected chi connectivity index (χ4v) is 3.71. The van der Waals surface area contributed by atoms with E-state index in [4.69, 9.17) is 9.47 Å². The van der Waals surface area contributed by atoms with Crippen LogP contribution in [0, 0.1) is 0 Å². The topological polar surface area (TPSA) is 66.7 Å². The van der Waals surface area contributed by atoms with Crippen LogP contribution in [0.5, 0.6) is 17.2 Å². The van der Waals surface area contributed by atoms with Gasteiger partial charge in [-0.3, -0.25) is 4.79 Å². The van der Waals surface area contributed by atoms with Gasteiger partial charge in [-0.2, -0.15) is 0 Å². The predicted molar refractivity (Wildman–Crippen MR) is 105 cm³/mol. The minimum atomic E-state index is 0.184. The van der Waals surface area contributed by atoms with E-state index in [-0.39, 0.29) is 18.4 Å². The Morgan fingerprint density at radius 2 is 1.75 bits per heavy atom. The Balaban J connectivity index is 1.26. The molecule has 0 aromatic heterocycles. The molecule has 1 unspecified atom stereocenters. The van der Waals surface area contributed by atoms with Crippen molar-refractivity contribution in [3.05, 3.63) is 48.0 Å². The van der Waals surface area contributed by atoms with Gasteiger partial charge < -0.3 is 29.3 Å². The molecule has 0 bridgehead atoms. The number of nitrogens with one attached hydrogen (secondary N) is 1. The molecule has 2 aromatic rings. The van der Waals surface area contributed by atoms with Crippen molar-refractivity contribution in [1.29, 1.82) is 0 Å². The quantitative estimate of drug-likeness (QED) is 0.785. The number of anilines is 1. The fraction of sp³-hybridized carbons (Fsp3) is 0.381. The summed E-state index contributed by atoms with van der Waals surface area (Å²) in [6, 6.07) is 13.2. The van der Waals surface area contributed by atoms with E-state index in [1.807, 2.05) is 42.3 Å². The standard InChI is InChI=1S/C21H25N3O4/c1-22(13-16-2-7-19-20(12-16)28-15-27-19)14-21(26)24-10-8-23(9-11-24)17-3-5-18(25)6-4-17/h2-7,12,25H,8-11,13-15H2,1H3/p+1. The summed E-state index contributed by atoms with van der Waals surface area (Å²) >= 11 is 0.